The Morgan fingerprint density at radius 2 is 2.29 bits per heavy atom. The van der Waals surface area contributed by atoms with E-state index in [9.17, 15) is 9.18 Å². The van der Waals surface area contributed by atoms with Gasteiger partial charge in [0, 0.05) is 4.47 Å². The molecule has 2 N–H and O–H groups in total. The molecule has 0 unspecified atom stereocenters. The maximum atomic E-state index is 13.3. The molecule has 0 atom stereocenters. The summed E-state index contributed by atoms with van der Waals surface area (Å²) in [5.41, 5.74) is 5.45. The molecule has 14 heavy (non-hydrogen) atoms. The number of halogens is 3. The van der Waals surface area contributed by atoms with Crippen molar-refractivity contribution < 1.29 is 9.18 Å². The number of benzene rings is 1. The van der Waals surface area contributed by atoms with E-state index >= 15 is 0 Å². The number of hydrogen-bond acceptors (Lipinski definition) is 1. The van der Waals surface area contributed by atoms with Gasteiger partial charge in [-0.1, -0.05) is 34.5 Å². The van der Waals surface area contributed by atoms with E-state index in [4.69, 9.17) is 17.3 Å². The molecule has 1 rings (SSSR count). The third-order valence-electron chi connectivity index (χ3n) is 1.86. The standard InChI is InChI=1S/C9H8BrClFNO/c1-2-4-5(10)3-6(12)7(8(4)11)9(13)14/h3H,2H2,1H3,(H2,13,14). The Kier molecular flexibility index (Phi) is 3.50. The third-order valence-corrected chi connectivity index (χ3v) is 2.99. The number of hydrogen-bond donors (Lipinski definition) is 1. The number of nitrogens with two attached hydrogens (primary N) is 1. The lowest BCUT2D eigenvalue weighted by Gasteiger charge is -2.08. The van der Waals surface area contributed by atoms with Gasteiger partial charge in [-0.3, -0.25) is 4.79 Å². The molecule has 5 heteroatoms. The van der Waals surface area contributed by atoms with Crippen molar-refractivity contribution in [3.63, 3.8) is 0 Å². The molecule has 0 spiro atoms. The molecular formula is C9H8BrClFNO. The Labute approximate surface area is 94.4 Å². The van der Waals surface area contributed by atoms with Crippen molar-refractivity contribution >= 4 is 33.4 Å². The first-order valence-electron chi connectivity index (χ1n) is 3.95. The summed E-state index contributed by atoms with van der Waals surface area (Å²) >= 11 is 9.01. The zero-order chi connectivity index (χ0) is 10.9. The highest BCUT2D eigenvalue weighted by Crippen LogP contribution is 2.30. The molecule has 1 aromatic carbocycles. The van der Waals surface area contributed by atoms with Crippen molar-refractivity contribution in [3.8, 4) is 0 Å². The van der Waals surface area contributed by atoms with Gasteiger partial charge in [0.25, 0.3) is 5.91 Å². The van der Waals surface area contributed by atoms with E-state index in [0.29, 0.717) is 16.5 Å². The van der Waals surface area contributed by atoms with E-state index < -0.39 is 11.7 Å². The fourth-order valence-electron chi connectivity index (χ4n) is 1.18. The molecule has 2 nitrogen and oxygen atoms in total. The van der Waals surface area contributed by atoms with Crippen LogP contribution < -0.4 is 5.73 Å². The first-order chi connectivity index (χ1) is 6.49. The Balaban J connectivity index is 3.52. The Morgan fingerprint density at radius 3 is 2.71 bits per heavy atom. The van der Waals surface area contributed by atoms with Crippen LogP contribution in [0.5, 0.6) is 0 Å². The normalized spacial score (nSPS) is 10.3. The summed E-state index contributed by atoms with van der Waals surface area (Å²) in [6.07, 6.45) is 0.597. The van der Waals surface area contributed by atoms with Crippen molar-refractivity contribution in [2.24, 2.45) is 5.73 Å². The lowest BCUT2D eigenvalue weighted by Crippen LogP contribution is -2.15. The van der Waals surface area contributed by atoms with Gasteiger partial charge >= 0.3 is 0 Å². The summed E-state index contributed by atoms with van der Waals surface area (Å²) in [7, 11) is 0. The van der Waals surface area contributed by atoms with Crippen LogP contribution in [-0.4, -0.2) is 5.91 Å². The minimum Gasteiger partial charge on any atom is -0.365 e. The quantitative estimate of drug-likeness (QED) is 0.889. The van der Waals surface area contributed by atoms with Gasteiger partial charge in [-0.25, -0.2) is 4.39 Å². The predicted octanol–water partition coefficient (Wildman–Crippen LogP) is 2.90. The second-order valence-electron chi connectivity index (χ2n) is 2.73. The van der Waals surface area contributed by atoms with E-state index in [2.05, 4.69) is 15.9 Å². The number of primary amides is 1. The molecule has 0 radical (unpaired) electrons. The highest BCUT2D eigenvalue weighted by atomic mass is 79.9. The SMILES string of the molecule is CCc1c(Br)cc(F)c(C(N)=O)c1Cl. The number of rotatable bonds is 2. The molecule has 0 heterocycles. The summed E-state index contributed by atoms with van der Waals surface area (Å²) in [4.78, 5) is 10.9. The zero-order valence-corrected chi connectivity index (χ0v) is 9.75. The van der Waals surface area contributed by atoms with Crippen molar-refractivity contribution in [2.75, 3.05) is 0 Å². The molecule has 0 saturated carbocycles. The van der Waals surface area contributed by atoms with Gasteiger partial charge in [-0.15, -0.1) is 0 Å². The highest BCUT2D eigenvalue weighted by molar-refractivity contribution is 9.10. The van der Waals surface area contributed by atoms with E-state index in [-0.39, 0.29) is 10.6 Å². The van der Waals surface area contributed by atoms with Crippen LogP contribution in [0.15, 0.2) is 10.5 Å². The van der Waals surface area contributed by atoms with Crippen LogP contribution in [0.3, 0.4) is 0 Å². The van der Waals surface area contributed by atoms with Gasteiger partial charge in [-0.2, -0.15) is 0 Å². The average Bonchev–Trinajstić information content (AvgIpc) is 2.02. The Bertz CT molecular complexity index is 395. The van der Waals surface area contributed by atoms with Crippen LogP contribution in [0.25, 0.3) is 0 Å². The summed E-state index contributed by atoms with van der Waals surface area (Å²) in [6, 6.07) is 1.20. The average molecular weight is 281 g/mol. The molecular weight excluding hydrogens is 272 g/mol. The molecule has 0 aliphatic heterocycles. The van der Waals surface area contributed by atoms with Crippen molar-refractivity contribution in [2.45, 2.75) is 13.3 Å². The molecule has 0 aliphatic rings. The Hall–Kier alpha value is -0.610. The smallest absolute Gasteiger partial charge is 0.253 e. The van der Waals surface area contributed by atoms with Crippen LogP contribution in [0.4, 0.5) is 4.39 Å². The van der Waals surface area contributed by atoms with Crippen LogP contribution in [0.1, 0.15) is 22.8 Å². The molecule has 1 aromatic rings. The summed E-state index contributed by atoms with van der Waals surface area (Å²) < 4.78 is 13.8. The van der Waals surface area contributed by atoms with Crippen LogP contribution in [-0.2, 0) is 6.42 Å². The van der Waals surface area contributed by atoms with Gasteiger partial charge < -0.3 is 5.73 Å². The molecule has 0 bridgehead atoms. The predicted molar refractivity (Wildman–Crippen MR) is 57.0 cm³/mol. The molecule has 0 fully saturated rings. The van der Waals surface area contributed by atoms with Crippen LogP contribution in [0.2, 0.25) is 5.02 Å². The molecule has 1 amide bonds. The number of carbonyl (C=O) groups excluding carboxylic acids is 1. The number of amides is 1. The van der Waals surface area contributed by atoms with E-state index in [1.54, 1.807) is 0 Å². The second kappa shape index (κ2) is 4.28. The zero-order valence-electron chi connectivity index (χ0n) is 7.40. The fourth-order valence-corrected chi connectivity index (χ4v) is 2.39. The highest BCUT2D eigenvalue weighted by Gasteiger charge is 2.18. The van der Waals surface area contributed by atoms with Gasteiger partial charge in [0.2, 0.25) is 0 Å². The summed E-state index contributed by atoms with van der Waals surface area (Å²) in [6.45, 7) is 1.86. The van der Waals surface area contributed by atoms with Gasteiger partial charge in [-0.05, 0) is 18.1 Å². The van der Waals surface area contributed by atoms with Gasteiger partial charge in [0.15, 0.2) is 0 Å². The lowest BCUT2D eigenvalue weighted by atomic mass is 10.1. The summed E-state index contributed by atoms with van der Waals surface area (Å²) in [5.74, 6) is -1.55. The Morgan fingerprint density at radius 1 is 1.71 bits per heavy atom. The van der Waals surface area contributed by atoms with Crippen molar-refractivity contribution in [3.05, 3.63) is 32.5 Å². The molecule has 0 aliphatic carbocycles. The molecule has 0 aromatic heterocycles. The first kappa shape index (κ1) is 11.5. The fraction of sp³-hybridized carbons (Fsp3) is 0.222. The van der Waals surface area contributed by atoms with E-state index in [0.717, 1.165) is 0 Å². The largest absolute Gasteiger partial charge is 0.365 e. The first-order valence-corrected chi connectivity index (χ1v) is 5.12. The van der Waals surface area contributed by atoms with Crippen LogP contribution in [0, 0.1) is 5.82 Å². The third kappa shape index (κ3) is 1.91. The molecule has 0 saturated heterocycles. The minimum atomic E-state index is -0.852. The van der Waals surface area contributed by atoms with Crippen molar-refractivity contribution in [1.82, 2.24) is 0 Å². The molecule has 76 valence electrons. The second-order valence-corrected chi connectivity index (χ2v) is 3.96. The van der Waals surface area contributed by atoms with Crippen LogP contribution >= 0.6 is 27.5 Å². The lowest BCUT2D eigenvalue weighted by molar-refractivity contribution is 0.0996. The van der Waals surface area contributed by atoms with E-state index in [1.165, 1.54) is 6.07 Å². The maximum Gasteiger partial charge on any atom is 0.253 e. The van der Waals surface area contributed by atoms with E-state index in [1.807, 2.05) is 6.92 Å². The van der Waals surface area contributed by atoms with Gasteiger partial charge in [0.1, 0.15) is 5.82 Å². The van der Waals surface area contributed by atoms with Gasteiger partial charge in [0.05, 0.1) is 10.6 Å². The topological polar surface area (TPSA) is 43.1 Å². The maximum absolute atomic E-state index is 13.3. The summed E-state index contributed by atoms with van der Waals surface area (Å²) in [5, 5.41) is 0.0897. The monoisotopic (exact) mass is 279 g/mol. The minimum absolute atomic E-state index is 0.0897. The van der Waals surface area contributed by atoms with Crippen molar-refractivity contribution in [1.29, 1.82) is 0 Å². The number of carbonyl (C=O) groups is 1.